The zero-order valence-electron chi connectivity index (χ0n) is 12.7. The van der Waals surface area contributed by atoms with Gasteiger partial charge in [-0.2, -0.15) is 5.10 Å². The lowest BCUT2D eigenvalue weighted by Crippen LogP contribution is -2.34. The number of hydrogen-bond donors (Lipinski definition) is 2. The zero-order chi connectivity index (χ0) is 16.5. The molecule has 23 heavy (non-hydrogen) atoms. The van der Waals surface area contributed by atoms with Crippen LogP contribution >= 0.6 is 0 Å². The van der Waals surface area contributed by atoms with Gasteiger partial charge in [0.1, 0.15) is 0 Å². The minimum atomic E-state index is -0.450. The minimum absolute atomic E-state index is 0.156. The molecular formula is C17H17N3O3. The average Bonchev–Trinajstić information content (AvgIpc) is 3.08. The highest BCUT2D eigenvalue weighted by Crippen LogP contribution is 2.04. The van der Waals surface area contributed by atoms with Crippen LogP contribution in [0.4, 0.5) is 0 Å². The van der Waals surface area contributed by atoms with Crippen molar-refractivity contribution in [3.63, 3.8) is 0 Å². The number of carbonyl (C=O) groups is 2. The fourth-order valence-corrected chi connectivity index (χ4v) is 1.75. The number of rotatable bonds is 6. The third kappa shape index (κ3) is 5.62. The van der Waals surface area contributed by atoms with Gasteiger partial charge in [0.15, 0.2) is 5.76 Å². The number of benzene rings is 1. The molecule has 0 spiro atoms. The molecule has 1 heterocycles. The van der Waals surface area contributed by atoms with Crippen LogP contribution in [0.5, 0.6) is 0 Å². The first-order valence-electron chi connectivity index (χ1n) is 7.02. The molecule has 0 aliphatic heterocycles. The summed E-state index contributed by atoms with van der Waals surface area (Å²) in [6.07, 6.45) is 4.87. The molecule has 2 amide bonds. The lowest BCUT2D eigenvalue weighted by atomic mass is 10.1. The van der Waals surface area contributed by atoms with Crippen LogP contribution in [0.3, 0.4) is 0 Å². The van der Waals surface area contributed by atoms with Crippen LogP contribution in [0, 0.1) is 0 Å². The summed E-state index contributed by atoms with van der Waals surface area (Å²) >= 11 is 0. The Balaban J connectivity index is 1.75. The fraction of sp³-hybridized carbons (Fsp3) is 0.118. The van der Waals surface area contributed by atoms with E-state index in [4.69, 9.17) is 4.42 Å². The summed E-state index contributed by atoms with van der Waals surface area (Å²) < 4.78 is 4.92. The van der Waals surface area contributed by atoms with Crippen molar-refractivity contribution in [1.29, 1.82) is 0 Å². The van der Waals surface area contributed by atoms with Gasteiger partial charge in [-0.1, -0.05) is 36.4 Å². The highest BCUT2D eigenvalue weighted by atomic mass is 16.3. The molecule has 1 aromatic heterocycles. The van der Waals surface area contributed by atoms with Crippen LogP contribution in [-0.2, 0) is 4.79 Å². The quantitative estimate of drug-likeness (QED) is 0.634. The molecule has 1 aromatic carbocycles. The third-order valence-corrected chi connectivity index (χ3v) is 2.81. The molecule has 2 N–H and O–H groups in total. The van der Waals surface area contributed by atoms with Crippen LogP contribution in [0.2, 0.25) is 0 Å². The maximum absolute atomic E-state index is 11.6. The largest absolute Gasteiger partial charge is 0.459 e. The molecule has 0 fully saturated rings. The summed E-state index contributed by atoms with van der Waals surface area (Å²) in [5, 5.41) is 6.27. The molecule has 2 rings (SSSR count). The molecule has 0 bridgehead atoms. The molecule has 6 heteroatoms. The van der Waals surface area contributed by atoms with Gasteiger partial charge in [0.25, 0.3) is 11.8 Å². The highest BCUT2D eigenvalue weighted by Gasteiger charge is 2.09. The summed E-state index contributed by atoms with van der Waals surface area (Å²) in [6.45, 7) is 1.69. The number of allylic oxidation sites excluding steroid dienone is 1. The van der Waals surface area contributed by atoms with Crippen LogP contribution in [0.15, 0.2) is 63.8 Å². The van der Waals surface area contributed by atoms with Crippen LogP contribution in [0.1, 0.15) is 23.0 Å². The molecule has 0 saturated carbocycles. The fourth-order valence-electron chi connectivity index (χ4n) is 1.75. The number of amides is 2. The predicted octanol–water partition coefficient (Wildman–Crippen LogP) is 2.21. The van der Waals surface area contributed by atoms with Crippen molar-refractivity contribution in [2.45, 2.75) is 6.92 Å². The van der Waals surface area contributed by atoms with Gasteiger partial charge in [0, 0.05) is 0 Å². The number of nitrogens with zero attached hydrogens (tertiary/aromatic N) is 1. The Kier molecular flexibility index (Phi) is 5.88. The third-order valence-electron chi connectivity index (χ3n) is 2.81. The van der Waals surface area contributed by atoms with Gasteiger partial charge in [-0.05, 0) is 30.2 Å². The number of furan rings is 1. The molecule has 0 aliphatic rings. The van der Waals surface area contributed by atoms with Gasteiger partial charge in [-0.25, -0.2) is 5.43 Å². The SMILES string of the molecule is CC(/C=N/NC(=O)CNC(=O)c1ccco1)=C\c1ccccc1. The number of hydrogen-bond acceptors (Lipinski definition) is 4. The Morgan fingerprint density at radius 2 is 1.96 bits per heavy atom. The zero-order valence-corrected chi connectivity index (χ0v) is 12.7. The molecule has 0 radical (unpaired) electrons. The molecule has 0 atom stereocenters. The Hall–Kier alpha value is -3.15. The topological polar surface area (TPSA) is 83.7 Å². The molecule has 2 aromatic rings. The summed E-state index contributed by atoms with van der Waals surface area (Å²) in [4.78, 5) is 23.1. The summed E-state index contributed by atoms with van der Waals surface area (Å²) in [7, 11) is 0. The van der Waals surface area contributed by atoms with Gasteiger partial charge in [0.05, 0.1) is 19.0 Å². The molecular weight excluding hydrogens is 294 g/mol. The predicted molar refractivity (Wildman–Crippen MR) is 87.8 cm³/mol. The van der Waals surface area contributed by atoms with E-state index >= 15 is 0 Å². The van der Waals surface area contributed by atoms with Crippen LogP contribution < -0.4 is 10.7 Å². The van der Waals surface area contributed by atoms with Crippen molar-refractivity contribution in [1.82, 2.24) is 10.7 Å². The van der Waals surface area contributed by atoms with Crippen LogP contribution in [0.25, 0.3) is 6.08 Å². The first kappa shape index (κ1) is 16.2. The number of hydrazone groups is 1. The molecule has 118 valence electrons. The van der Waals surface area contributed by atoms with Gasteiger partial charge in [-0.3, -0.25) is 9.59 Å². The Labute approximate surface area is 133 Å². The minimum Gasteiger partial charge on any atom is -0.459 e. The maximum Gasteiger partial charge on any atom is 0.287 e. The van der Waals surface area contributed by atoms with E-state index in [9.17, 15) is 9.59 Å². The number of carbonyl (C=O) groups excluding carboxylic acids is 2. The second kappa shape index (κ2) is 8.33. The molecule has 0 saturated heterocycles. The first-order chi connectivity index (χ1) is 11.1. The van der Waals surface area contributed by atoms with E-state index in [1.165, 1.54) is 12.3 Å². The normalized spacial score (nSPS) is 11.4. The van der Waals surface area contributed by atoms with Gasteiger partial charge < -0.3 is 9.73 Å². The monoisotopic (exact) mass is 311 g/mol. The van der Waals surface area contributed by atoms with E-state index in [-0.39, 0.29) is 12.3 Å². The van der Waals surface area contributed by atoms with Crippen molar-refractivity contribution in [3.8, 4) is 0 Å². The maximum atomic E-state index is 11.6. The highest BCUT2D eigenvalue weighted by molar-refractivity contribution is 5.94. The Morgan fingerprint density at radius 3 is 2.65 bits per heavy atom. The summed E-state index contributed by atoms with van der Waals surface area (Å²) in [5.41, 5.74) is 4.28. The van der Waals surface area contributed by atoms with E-state index in [0.29, 0.717) is 0 Å². The lowest BCUT2D eigenvalue weighted by molar-refractivity contribution is -0.120. The smallest absolute Gasteiger partial charge is 0.287 e. The average molecular weight is 311 g/mol. The van der Waals surface area contributed by atoms with E-state index in [2.05, 4.69) is 15.8 Å². The molecule has 0 unspecified atom stereocenters. The van der Waals surface area contributed by atoms with Gasteiger partial charge in [-0.15, -0.1) is 0 Å². The Bertz CT molecular complexity index is 704. The standard InChI is InChI=1S/C17H17N3O3/c1-13(10-14-6-3-2-4-7-14)11-19-20-16(21)12-18-17(22)15-8-5-9-23-15/h2-11H,12H2,1H3,(H,18,22)(H,20,21)/b13-10+,19-11+. The van der Waals surface area contributed by atoms with E-state index in [1.54, 1.807) is 12.3 Å². The van der Waals surface area contributed by atoms with Crippen molar-refractivity contribution < 1.29 is 14.0 Å². The first-order valence-corrected chi connectivity index (χ1v) is 7.02. The van der Waals surface area contributed by atoms with E-state index in [1.807, 2.05) is 43.3 Å². The second-order valence-electron chi connectivity index (χ2n) is 4.75. The van der Waals surface area contributed by atoms with E-state index < -0.39 is 11.8 Å². The van der Waals surface area contributed by atoms with E-state index in [0.717, 1.165) is 11.1 Å². The van der Waals surface area contributed by atoms with Crippen molar-refractivity contribution in [2.24, 2.45) is 5.10 Å². The van der Waals surface area contributed by atoms with Crippen molar-refractivity contribution >= 4 is 24.1 Å². The van der Waals surface area contributed by atoms with Crippen molar-refractivity contribution in [3.05, 3.63) is 65.6 Å². The van der Waals surface area contributed by atoms with Gasteiger partial charge >= 0.3 is 0 Å². The summed E-state index contributed by atoms with van der Waals surface area (Å²) in [5.74, 6) is -0.717. The number of nitrogens with one attached hydrogen (secondary N) is 2. The van der Waals surface area contributed by atoms with Gasteiger partial charge in [0.2, 0.25) is 0 Å². The molecule has 6 nitrogen and oxygen atoms in total. The van der Waals surface area contributed by atoms with Crippen LogP contribution in [-0.4, -0.2) is 24.6 Å². The summed E-state index contributed by atoms with van der Waals surface area (Å²) in [6, 6.07) is 12.9. The second-order valence-corrected chi connectivity index (χ2v) is 4.75. The molecule has 0 aliphatic carbocycles. The lowest BCUT2D eigenvalue weighted by Gasteiger charge is -2.01. The Morgan fingerprint density at radius 1 is 1.17 bits per heavy atom. The van der Waals surface area contributed by atoms with Crippen molar-refractivity contribution in [2.75, 3.05) is 6.54 Å².